The summed E-state index contributed by atoms with van der Waals surface area (Å²) in [5.41, 5.74) is 1.56. The van der Waals surface area contributed by atoms with E-state index in [0.29, 0.717) is 16.8 Å². The molecule has 1 unspecified atom stereocenters. The molecule has 1 aliphatic rings. The average Bonchev–Trinajstić information content (AvgIpc) is 2.53. The molecule has 0 aliphatic carbocycles. The number of non-ortho nitro benzene ring substituents is 1. The lowest BCUT2D eigenvalue weighted by Gasteiger charge is -2.22. The lowest BCUT2D eigenvalue weighted by Crippen LogP contribution is -2.24. The molecule has 2 aromatic rings. The molecule has 0 radical (unpaired) electrons. The van der Waals surface area contributed by atoms with Crippen molar-refractivity contribution in [3.63, 3.8) is 0 Å². The SMILES string of the molecule is O=[N+]([O-])c1ccc(NCC2CCCOC2)c2ncccc12. The van der Waals surface area contributed by atoms with Gasteiger partial charge in [-0.25, -0.2) is 0 Å². The Morgan fingerprint density at radius 2 is 2.33 bits per heavy atom. The third-order valence-electron chi connectivity index (χ3n) is 3.78. The van der Waals surface area contributed by atoms with Crippen LogP contribution in [0.25, 0.3) is 10.9 Å². The molecule has 1 saturated heterocycles. The highest BCUT2D eigenvalue weighted by atomic mass is 16.6. The predicted octanol–water partition coefficient (Wildman–Crippen LogP) is 2.98. The van der Waals surface area contributed by atoms with Crippen LogP contribution in [0.4, 0.5) is 11.4 Å². The number of ether oxygens (including phenoxy) is 1. The molecule has 1 aliphatic heterocycles. The van der Waals surface area contributed by atoms with Crippen LogP contribution in [0.1, 0.15) is 12.8 Å². The van der Waals surface area contributed by atoms with Crippen molar-refractivity contribution in [3.05, 3.63) is 40.6 Å². The first-order valence-corrected chi connectivity index (χ1v) is 7.09. The Balaban J connectivity index is 1.85. The first-order valence-electron chi connectivity index (χ1n) is 7.09. The minimum absolute atomic E-state index is 0.0876. The maximum Gasteiger partial charge on any atom is 0.278 e. The van der Waals surface area contributed by atoms with E-state index in [4.69, 9.17) is 4.74 Å². The fourth-order valence-electron chi connectivity index (χ4n) is 2.68. The van der Waals surface area contributed by atoms with Crippen molar-refractivity contribution >= 4 is 22.3 Å². The minimum Gasteiger partial charge on any atom is -0.383 e. The first-order chi connectivity index (χ1) is 10.3. The number of benzene rings is 1. The molecule has 1 N–H and O–H groups in total. The van der Waals surface area contributed by atoms with Crippen molar-refractivity contribution in [2.75, 3.05) is 25.1 Å². The fraction of sp³-hybridized carbons (Fsp3) is 0.400. The largest absolute Gasteiger partial charge is 0.383 e. The van der Waals surface area contributed by atoms with Gasteiger partial charge in [-0.15, -0.1) is 0 Å². The van der Waals surface area contributed by atoms with Gasteiger partial charge < -0.3 is 10.1 Å². The number of anilines is 1. The van der Waals surface area contributed by atoms with Gasteiger partial charge in [-0.05, 0) is 37.0 Å². The number of nitrogens with one attached hydrogen (secondary N) is 1. The zero-order chi connectivity index (χ0) is 14.7. The van der Waals surface area contributed by atoms with Crippen LogP contribution >= 0.6 is 0 Å². The van der Waals surface area contributed by atoms with E-state index < -0.39 is 0 Å². The predicted molar refractivity (Wildman–Crippen MR) is 80.4 cm³/mol. The van der Waals surface area contributed by atoms with Gasteiger partial charge in [-0.1, -0.05) is 0 Å². The van der Waals surface area contributed by atoms with E-state index >= 15 is 0 Å². The second kappa shape index (κ2) is 6.05. The molecule has 21 heavy (non-hydrogen) atoms. The van der Waals surface area contributed by atoms with Crippen LogP contribution in [0.2, 0.25) is 0 Å². The van der Waals surface area contributed by atoms with Crippen LogP contribution in [0.5, 0.6) is 0 Å². The maximum atomic E-state index is 11.1. The van der Waals surface area contributed by atoms with Gasteiger partial charge in [0.25, 0.3) is 5.69 Å². The molecule has 0 saturated carbocycles. The van der Waals surface area contributed by atoms with Gasteiger partial charge in [0, 0.05) is 25.4 Å². The number of nitro groups is 1. The molecule has 0 spiro atoms. The van der Waals surface area contributed by atoms with Gasteiger partial charge in [-0.2, -0.15) is 0 Å². The molecule has 3 rings (SSSR count). The molecule has 2 heterocycles. The highest BCUT2D eigenvalue weighted by Crippen LogP contribution is 2.30. The number of rotatable bonds is 4. The summed E-state index contributed by atoms with van der Waals surface area (Å²) in [6.45, 7) is 2.41. The summed E-state index contributed by atoms with van der Waals surface area (Å²) in [6.07, 6.45) is 3.89. The Morgan fingerprint density at radius 1 is 1.43 bits per heavy atom. The summed E-state index contributed by atoms with van der Waals surface area (Å²) in [4.78, 5) is 15.0. The van der Waals surface area contributed by atoms with E-state index in [1.165, 1.54) is 6.07 Å². The van der Waals surface area contributed by atoms with Crippen molar-refractivity contribution < 1.29 is 9.66 Å². The highest BCUT2D eigenvalue weighted by Gasteiger charge is 2.17. The molecule has 110 valence electrons. The van der Waals surface area contributed by atoms with Crippen LogP contribution in [0.15, 0.2) is 30.5 Å². The van der Waals surface area contributed by atoms with E-state index in [-0.39, 0.29) is 10.6 Å². The quantitative estimate of drug-likeness (QED) is 0.691. The number of fused-ring (bicyclic) bond motifs is 1. The van der Waals surface area contributed by atoms with Crippen LogP contribution in [0, 0.1) is 16.0 Å². The van der Waals surface area contributed by atoms with Crippen molar-refractivity contribution in [2.45, 2.75) is 12.8 Å². The Morgan fingerprint density at radius 3 is 3.10 bits per heavy atom. The fourth-order valence-corrected chi connectivity index (χ4v) is 2.68. The molecule has 1 aromatic heterocycles. The molecular formula is C15H17N3O3. The van der Waals surface area contributed by atoms with Gasteiger partial charge in [-0.3, -0.25) is 15.1 Å². The van der Waals surface area contributed by atoms with E-state index in [0.717, 1.165) is 38.3 Å². The van der Waals surface area contributed by atoms with Crippen LogP contribution in [-0.2, 0) is 4.74 Å². The third kappa shape index (κ3) is 2.95. The van der Waals surface area contributed by atoms with Crippen LogP contribution in [0.3, 0.4) is 0 Å². The second-order valence-corrected chi connectivity index (χ2v) is 5.25. The lowest BCUT2D eigenvalue weighted by molar-refractivity contribution is -0.383. The van der Waals surface area contributed by atoms with Gasteiger partial charge in [0.05, 0.1) is 22.6 Å². The lowest BCUT2D eigenvalue weighted by atomic mass is 10.0. The molecule has 6 nitrogen and oxygen atoms in total. The number of nitrogens with zero attached hydrogens (tertiary/aromatic N) is 2. The zero-order valence-corrected chi connectivity index (χ0v) is 11.6. The third-order valence-corrected chi connectivity index (χ3v) is 3.78. The standard InChI is InChI=1S/C15H17N3O3/c19-18(20)14-6-5-13(15-12(14)4-1-7-16-15)17-9-11-3-2-8-21-10-11/h1,4-7,11,17H,2-3,8-10H2. The van der Waals surface area contributed by atoms with E-state index in [2.05, 4.69) is 10.3 Å². The van der Waals surface area contributed by atoms with Crippen molar-refractivity contribution in [1.82, 2.24) is 4.98 Å². The van der Waals surface area contributed by atoms with Crippen molar-refractivity contribution in [3.8, 4) is 0 Å². The maximum absolute atomic E-state index is 11.1. The summed E-state index contributed by atoms with van der Waals surface area (Å²) in [6, 6.07) is 6.71. The highest BCUT2D eigenvalue weighted by molar-refractivity contribution is 5.96. The molecule has 0 bridgehead atoms. The zero-order valence-electron chi connectivity index (χ0n) is 11.6. The van der Waals surface area contributed by atoms with Gasteiger partial charge in [0.2, 0.25) is 0 Å². The van der Waals surface area contributed by atoms with Crippen LogP contribution < -0.4 is 5.32 Å². The number of aromatic nitrogens is 1. The smallest absolute Gasteiger partial charge is 0.278 e. The van der Waals surface area contributed by atoms with Gasteiger partial charge in [0.1, 0.15) is 5.52 Å². The number of hydrogen-bond donors (Lipinski definition) is 1. The van der Waals surface area contributed by atoms with Crippen molar-refractivity contribution in [2.24, 2.45) is 5.92 Å². The Kier molecular flexibility index (Phi) is 3.96. The Bertz CT molecular complexity index is 654. The van der Waals surface area contributed by atoms with Crippen molar-refractivity contribution in [1.29, 1.82) is 0 Å². The topological polar surface area (TPSA) is 77.3 Å². The molecule has 6 heteroatoms. The summed E-state index contributed by atoms with van der Waals surface area (Å²) >= 11 is 0. The molecule has 1 fully saturated rings. The Labute approximate surface area is 122 Å². The first kappa shape index (κ1) is 13.8. The van der Waals surface area contributed by atoms with Crippen LogP contribution in [-0.4, -0.2) is 29.7 Å². The molecule has 1 atom stereocenters. The molecule has 1 aromatic carbocycles. The minimum atomic E-state index is -0.372. The second-order valence-electron chi connectivity index (χ2n) is 5.25. The summed E-state index contributed by atoms with van der Waals surface area (Å²) in [7, 11) is 0. The number of pyridine rings is 1. The van der Waals surface area contributed by atoms with E-state index in [1.54, 1.807) is 24.4 Å². The van der Waals surface area contributed by atoms with E-state index in [1.807, 2.05) is 0 Å². The number of nitro benzene ring substituents is 1. The summed E-state index contributed by atoms with van der Waals surface area (Å²) in [5, 5.41) is 15.0. The average molecular weight is 287 g/mol. The molecular weight excluding hydrogens is 270 g/mol. The van der Waals surface area contributed by atoms with Gasteiger partial charge >= 0.3 is 0 Å². The van der Waals surface area contributed by atoms with Gasteiger partial charge in [0.15, 0.2) is 0 Å². The molecule has 0 amide bonds. The monoisotopic (exact) mass is 287 g/mol. The normalized spacial score (nSPS) is 18.6. The summed E-state index contributed by atoms with van der Waals surface area (Å²) < 4.78 is 5.46. The van der Waals surface area contributed by atoms with E-state index in [9.17, 15) is 10.1 Å². The Hall–Kier alpha value is -2.21. The summed E-state index contributed by atoms with van der Waals surface area (Å²) in [5.74, 6) is 0.479. The number of hydrogen-bond acceptors (Lipinski definition) is 5.